The molecule has 0 spiro atoms. The van der Waals surface area contributed by atoms with Crippen LogP contribution >= 0.6 is 0 Å². The minimum Gasteiger partial charge on any atom is -0.507 e. The quantitative estimate of drug-likeness (QED) is 0.205. The van der Waals surface area contributed by atoms with Gasteiger partial charge in [-0.3, -0.25) is 14.4 Å². The first-order valence-corrected chi connectivity index (χ1v) is 11.7. The van der Waals surface area contributed by atoms with Crippen LogP contribution in [0.4, 0.5) is 11.4 Å². The number of rotatable bonds is 13. The number of aromatic hydroxyl groups is 2. The van der Waals surface area contributed by atoms with E-state index < -0.39 is 17.9 Å². The number of nitrogens with zero attached hydrogens (tertiary/aromatic N) is 1. The Kier molecular flexibility index (Phi) is 9.03. The molecule has 3 rings (SSSR count). The van der Waals surface area contributed by atoms with Crippen LogP contribution in [0, 0.1) is 0 Å². The molecule has 10 heteroatoms. The molecular weight excluding hydrogens is 466 g/mol. The molecule has 2 aromatic carbocycles. The van der Waals surface area contributed by atoms with Crippen LogP contribution in [-0.2, 0) is 14.3 Å². The smallest absolute Gasteiger partial charge is 0.200 e. The minimum absolute atomic E-state index is 0.00671. The van der Waals surface area contributed by atoms with Gasteiger partial charge in [-0.05, 0) is 38.4 Å². The molecule has 0 aromatic heterocycles. The fourth-order valence-corrected chi connectivity index (χ4v) is 4.15. The van der Waals surface area contributed by atoms with Crippen molar-refractivity contribution in [2.24, 2.45) is 0 Å². The summed E-state index contributed by atoms with van der Waals surface area (Å²) in [7, 11) is 6.86. The van der Waals surface area contributed by atoms with Crippen LogP contribution in [0.5, 0.6) is 11.5 Å². The van der Waals surface area contributed by atoms with Gasteiger partial charge in [-0.1, -0.05) is 0 Å². The Hall–Kier alpha value is -3.47. The monoisotopic (exact) mass is 499 g/mol. The second-order valence-electron chi connectivity index (χ2n) is 8.81. The van der Waals surface area contributed by atoms with Crippen molar-refractivity contribution in [2.45, 2.75) is 25.6 Å². The second-order valence-corrected chi connectivity index (χ2v) is 8.81. The Morgan fingerprint density at radius 2 is 1.33 bits per heavy atom. The molecule has 0 saturated heterocycles. The predicted molar refractivity (Wildman–Crippen MR) is 135 cm³/mol. The van der Waals surface area contributed by atoms with E-state index in [-0.39, 0.29) is 58.9 Å². The maximum Gasteiger partial charge on any atom is 0.200 e. The van der Waals surface area contributed by atoms with Gasteiger partial charge in [0, 0.05) is 64.5 Å². The lowest BCUT2D eigenvalue weighted by Crippen LogP contribution is -2.26. The number of carbonyl (C=O) groups excluding carboxylic acids is 3. The molecule has 36 heavy (non-hydrogen) atoms. The van der Waals surface area contributed by atoms with Gasteiger partial charge in [-0.15, -0.1) is 0 Å². The van der Waals surface area contributed by atoms with Crippen LogP contribution in [0.2, 0.25) is 0 Å². The number of hydrogen-bond acceptors (Lipinski definition) is 10. The first-order chi connectivity index (χ1) is 17.2. The number of ether oxygens (including phenoxy) is 2. The third-order valence-electron chi connectivity index (χ3n) is 6.05. The topological polar surface area (TPSA) is 137 Å². The standard InChI is InChI=1S/C26H33N3O7/c1-29(2)14-13-28-17-7-6-16(27-12-11-15(30)5-10-20(35-3)36-4)21-22(17)26(34)24-19(32)9-8-18(31)23(24)25(21)33/h6-9,20,27-28,31-32H,5,10-14H2,1-4H3. The van der Waals surface area contributed by atoms with Crippen LogP contribution in [0.1, 0.15) is 51.1 Å². The highest BCUT2D eigenvalue weighted by Crippen LogP contribution is 2.42. The summed E-state index contributed by atoms with van der Waals surface area (Å²) < 4.78 is 10.2. The van der Waals surface area contributed by atoms with Crippen LogP contribution < -0.4 is 10.6 Å². The van der Waals surface area contributed by atoms with E-state index in [4.69, 9.17) is 9.47 Å². The van der Waals surface area contributed by atoms with Gasteiger partial charge < -0.3 is 35.2 Å². The van der Waals surface area contributed by atoms with Crippen LogP contribution in [-0.4, -0.2) is 86.7 Å². The predicted octanol–water partition coefficient (Wildman–Crippen LogP) is 2.62. The number of methoxy groups -OCH3 is 2. The molecule has 0 bridgehead atoms. The number of nitrogens with one attached hydrogen (secondary N) is 2. The Morgan fingerprint density at radius 3 is 1.81 bits per heavy atom. The lowest BCUT2D eigenvalue weighted by Gasteiger charge is -2.25. The number of hydrogen-bond donors (Lipinski definition) is 4. The molecule has 0 amide bonds. The normalized spacial score (nSPS) is 12.6. The van der Waals surface area contributed by atoms with Crippen LogP contribution in [0.25, 0.3) is 0 Å². The Balaban J connectivity index is 1.88. The van der Waals surface area contributed by atoms with Gasteiger partial charge in [-0.2, -0.15) is 0 Å². The number of carbonyl (C=O) groups is 3. The largest absolute Gasteiger partial charge is 0.507 e. The number of benzene rings is 2. The minimum atomic E-state index is -0.582. The second kappa shape index (κ2) is 12.0. The summed E-state index contributed by atoms with van der Waals surface area (Å²) >= 11 is 0. The molecule has 0 aliphatic heterocycles. The SMILES string of the molecule is COC(CCC(=O)CCNc1ccc(NCCN(C)C)c2c1C(=O)c1c(O)ccc(O)c1C2=O)OC. The molecular formula is C26H33N3O7. The fourth-order valence-electron chi connectivity index (χ4n) is 4.15. The average Bonchev–Trinajstić information content (AvgIpc) is 2.84. The number of anilines is 2. The first kappa shape index (κ1) is 27.1. The summed E-state index contributed by atoms with van der Waals surface area (Å²) in [5.41, 5.74) is 0.573. The van der Waals surface area contributed by atoms with E-state index in [1.165, 1.54) is 26.4 Å². The Morgan fingerprint density at radius 1 is 0.833 bits per heavy atom. The van der Waals surface area contributed by atoms with E-state index in [1.807, 2.05) is 19.0 Å². The molecule has 0 unspecified atom stereocenters. The molecule has 4 N–H and O–H groups in total. The van der Waals surface area contributed by atoms with Crippen molar-refractivity contribution < 1.29 is 34.1 Å². The number of phenols is 2. The van der Waals surface area contributed by atoms with E-state index in [1.54, 1.807) is 12.1 Å². The van der Waals surface area contributed by atoms with Crippen molar-refractivity contribution in [3.63, 3.8) is 0 Å². The summed E-state index contributed by atoms with van der Waals surface area (Å²) in [4.78, 5) is 41.3. The van der Waals surface area contributed by atoms with Crippen molar-refractivity contribution in [2.75, 3.05) is 58.6 Å². The maximum absolute atomic E-state index is 13.5. The highest BCUT2D eigenvalue weighted by Gasteiger charge is 2.37. The highest BCUT2D eigenvalue weighted by molar-refractivity contribution is 6.33. The zero-order valence-electron chi connectivity index (χ0n) is 21.0. The molecule has 0 atom stereocenters. The van der Waals surface area contributed by atoms with Crippen molar-refractivity contribution in [3.8, 4) is 11.5 Å². The molecule has 1 aliphatic carbocycles. The number of likely N-dealkylation sites (N-methyl/N-ethyl adjacent to an activating group) is 1. The van der Waals surface area contributed by atoms with Gasteiger partial charge in [0.2, 0.25) is 11.6 Å². The molecule has 0 heterocycles. The van der Waals surface area contributed by atoms with Crippen molar-refractivity contribution >= 4 is 28.7 Å². The first-order valence-electron chi connectivity index (χ1n) is 11.7. The maximum atomic E-state index is 13.5. The van der Waals surface area contributed by atoms with Crippen molar-refractivity contribution in [1.82, 2.24) is 4.90 Å². The van der Waals surface area contributed by atoms with Crippen molar-refractivity contribution in [1.29, 1.82) is 0 Å². The van der Waals surface area contributed by atoms with E-state index in [2.05, 4.69) is 10.6 Å². The molecule has 0 fully saturated rings. The zero-order chi connectivity index (χ0) is 26.4. The number of fused-ring (bicyclic) bond motifs is 2. The molecule has 194 valence electrons. The molecule has 0 radical (unpaired) electrons. The van der Waals surface area contributed by atoms with Gasteiger partial charge >= 0.3 is 0 Å². The Bertz CT molecular complexity index is 1140. The molecule has 10 nitrogen and oxygen atoms in total. The molecule has 2 aromatic rings. The summed E-state index contributed by atoms with van der Waals surface area (Å²) in [5.74, 6) is -1.91. The zero-order valence-corrected chi connectivity index (χ0v) is 21.0. The number of Topliss-reactive ketones (excluding diaryl/α,β-unsaturated/α-hetero) is 1. The lowest BCUT2D eigenvalue weighted by molar-refractivity contribution is -0.126. The van der Waals surface area contributed by atoms with E-state index in [9.17, 15) is 24.6 Å². The van der Waals surface area contributed by atoms with E-state index >= 15 is 0 Å². The third-order valence-corrected chi connectivity index (χ3v) is 6.05. The number of phenolic OH excluding ortho intramolecular Hbond substituents is 2. The van der Waals surface area contributed by atoms with Gasteiger partial charge in [0.1, 0.15) is 17.3 Å². The highest BCUT2D eigenvalue weighted by atomic mass is 16.7. The average molecular weight is 500 g/mol. The summed E-state index contributed by atoms with van der Waals surface area (Å²) in [6.45, 7) is 1.45. The number of ketones is 3. The van der Waals surface area contributed by atoms with Gasteiger partial charge in [0.15, 0.2) is 6.29 Å². The van der Waals surface area contributed by atoms with Crippen molar-refractivity contribution in [3.05, 3.63) is 46.5 Å². The summed E-state index contributed by atoms with van der Waals surface area (Å²) in [6, 6.07) is 5.73. The molecule has 1 aliphatic rings. The van der Waals surface area contributed by atoms with Crippen LogP contribution in [0.3, 0.4) is 0 Å². The third kappa shape index (κ3) is 5.84. The van der Waals surface area contributed by atoms with Gasteiger partial charge in [0.05, 0.1) is 22.3 Å². The fraction of sp³-hybridized carbons (Fsp3) is 0.423. The van der Waals surface area contributed by atoms with Gasteiger partial charge in [-0.25, -0.2) is 0 Å². The lowest BCUT2D eigenvalue weighted by atomic mass is 9.81. The van der Waals surface area contributed by atoms with Gasteiger partial charge in [0.25, 0.3) is 0 Å². The van der Waals surface area contributed by atoms with E-state index in [0.717, 1.165) is 0 Å². The summed E-state index contributed by atoms with van der Waals surface area (Å²) in [5, 5.41) is 27.0. The molecule has 0 saturated carbocycles. The van der Waals surface area contributed by atoms with E-state index in [0.29, 0.717) is 30.9 Å². The Labute approximate surface area is 210 Å². The summed E-state index contributed by atoms with van der Waals surface area (Å²) in [6.07, 6.45) is 0.455. The van der Waals surface area contributed by atoms with Crippen LogP contribution in [0.15, 0.2) is 24.3 Å².